The lowest BCUT2D eigenvalue weighted by Crippen LogP contribution is -2.40. The summed E-state index contributed by atoms with van der Waals surface area (Å²) >= 11 is 6.91. The molecule has 0 amide bonds. The number of halogens is 2. The molecule has 0 fully saturated rings. The molecule has 5 aromatic rings. The van der Waals surface area contributed by atoms with Crippen LogP contribution in [0.4, 0.5) is 0 Å². The summed E-state index contributed by atoms with van der Waals surface area (Å²) < 4.78 is 32.4. The van der Waals surface area contributed by atoms with E-state index in [1.54, 1.807) is 43.9 Å². The molecule has 2 heterocycles. The lowest BCUT2D eigenvalue weighted by Gasteiger charge is -2.26. The second-order valence-electron chi connectivity index (χ2n) is 11.0. The Labute approximate surface area is 314 Å². The van der Waals surface area contributed by atoms with Crippen LogP contribution >= 0.6 is 49.9 Å². The molecule has 4 aromatic carbocycles. The van der Waals surface area contributed by atoms with Crippen LogP contribution in [-0.2, 0) is 16.1 Å². The van der Waals surface area contributed by atoms with E-state index < -0.39 is 12.0 Å². The number of hydrogen-bond acceptors (Lipinski definition) is 9. The Morgan fingerprint density at radius 1 is 0.940 bits per heavy atom. The SMILES string of the molecule is CCOC(=O)C1=C(c2ccccc2)N=c2s/c(=C\c3cc(I)c(OCc4ccc(Br)cc4)c(OC)c3)c(=O)n2[C@@H]1c1ccc(OC)c(OC)c1. The summed E-state index contributed by atoms with van der Waals surface area (Å²) in [6, 6.07) is 25.6. The van der Waals surface area contributed by atoms with Crippen molar-refractivity contribution in [1.29, 1.82) is 0 Å². The van der Waals surface area contributed by atoms with E-state index in [9.17, 15) is 9.59 Å². The molecule has 0 spiro atoms. The van der Waals surface area contributed by atoms with E-state index >= 15 is 0 Å². The van der Waals surface area contributed by atoms with E-state index in [1.165, 1.54) is 18.4 Å². The summed E-state index contributed by atoms with van der Waals surface area (Å²) in [6.45, 7) is 2.26. The molecule has 1 aromatic heterocycles. The highest BCUT2D eigenvalue weighted by molar-refractivity contribution is 14.1. The number of benzene rings is 4. The van der Waals surface area contributed by atoms with E-state index in [0.717, 1.165) is 24.7 Å². The minimum absolute atomic E-state index is 0.150. The Morgan fingerprint density at radius 3 is 2.34 bits per heavy atom. The van der Waals surface area contributed by atoms with Crippen molar-refractivity contribution in [3.8, 4) is 23.0 Å². The molecule has 0 unspecified atom stereocenters. The lowest BCUT2D eigenvalue weighted by molar-refractivity contribution is -0.138. The van der Waals surface area contributed by atoms with Crippen molar-refractivity contribution in [1.82, 2.24) is 4.57 Å². The Bertz CT molecular complexity index is 2270. The minimum Gasteiger partial charge on any atom is -0.493 e. The van der Waals surface area contributed by atoms with Gasteiger partial charge >= 0.3 is 5.97 Å². The van der Waals surface area contributed by atoms with E-state index in [4.69, 9.17) is 28.7 Å². The molecule has 9 nitrogen and oxygen atoms in total. The van der Waals surface area contributed by atoms with Gasteiger partial charge in [0.15, 0.2) is 27.8 Å². The third-order valence-corrected chi connectivity index (χ3v) is 10.3. The first kappa shape index (κ1) is 35.4. The third-order valence-electron chi connectivity index (χ3n) is 7.94. The van der Waals surface area contributed by atoms with Gasteiger partial charge < -0.3 is 23.7 Å². The number of hydrogen-bond donors (Lipinski definition) is 0. The predicted molar refractivity (Wildman–Crippen MR) is 205 cm³/mol. The number of nitrogens with zero attached hydrogens (tertiary/aromatic N) is 2. The molecule has 1 aliphatic heterocycles. The molecule has 6 rings (SSSR count). The summed E-state index contributed by atoms with van der Waals surface area (Å²) in [4.78, 5) is 33.6. The van der Waals surface area contributed by atoms with Gasteiger partial charge in [-0.15, -0.1) is 0 Å². The average molecular weight is 868 g/mol. The number of esters is 1. The zero-order valence-corrected chi connectivity index (χ0v) is 32.1. The smallest absolute Gasteiger partial charge is 0.338 e. The minimum atomic E-state index is -0.869. The zero-order chi connectivity index (χ0) is 35.4. The van der Waals surface area contributed by atoms with Crippen LogP contribution in [0.25, 0.3) is 11.8 Å². The van der Waals surface area contributed by atoms with Gasteiger partial charge in [-0.25, -0.2) is 9.79 Å². The van der Waals surface area contributed by atoms with Gasteiger partial charge in [0.1, 0.15) is 6.61 Å². The first-order valence-corrected chi connectivity index (χ1v) is 18.2. The lowest BCUT2D eigenvalue weighted by atomic mass is 9.93. The van der Waals surface area contributed by atoms with Crippen molar-refractivity contribution in [2.45, 2.75) is 19.6 Å². The number of methoxy groups -OCH3 is 3. The van der Waals surface area contributed by atoms with Crippen molar-refractivity contribution in [3.05, 3.63) is 140 Å². The van der Waals surface area contributed by atoms with Crippen LogP contribution < -0.4 is 33.8 Å². The van der Waals surface area contributed by atoms with Gasteiger partial charge in [-0.2, -0.15) is 0 Å². The average Bonchev–Trinajstić information content (AvgIpc) is 3.44. The molecule has 0 radical (unpaired) electrons. The number of fused-ring (bicyclic) bond motifs is 1. The number of carbonyl (C=O) groups excluding carboxylic acids is 1. The Balaban J connectivity index is 1.51. The summed E-state index contributed by atoms with van der Waals surface area (Å²) in [5.41, 5.74) is 3.46. The quantitative estimate of drug-likeness (QED) is 0.105. The second kappa shape index (κ2) is 15.7. The number of carbonyl (C=O) groups is 1. The fraction of sp³-hybridized carbons (Fsp3) is 0.184. The van der Waals surface area contributed by atoms with E-state index in [-0.39, 0.29) is 17.7 Å². The normalized spacial score (nSPS) is 14.1. The predicted octanol–water partition coefficient (Wildman–Crippen LogP) is 6.91. The Morgan fingerprint density at radius 2 is 1.66 bits per heavy atom. The maximum absolute atomic E-state index is 14.4. The highest BCUT2D eigenvalue weighted by atomic mass is 127. The van der Waals surface area contributed by atoms with Crippen LogP contribution in [0.1, 0.15) is 35.2 Å². The van der Waals surface area contributed by atoms with Crippen LogP contribution in [0.2, 0.25) is 0 Å². The van der Waals surface area contributed by atoms with Gasteiger partial charge in [0.25, 0.3) is 5.56 Å². The van der Waals surface area contributed by atoms with Crippen LogP contribution in [0, 0.1) is 3.57 Å². The number of rotatable bonds is 11. The van der Waals surface area contributed by atoms with Gasteiger partial charge in [0.05, 0.1) is 53.4 Å². The van der Waals surface area contributed by atoms with Gasteiger partial charge in [-0.1, -0.05) is 75.8 Å². The number of thiazole rings is 1. The summed E-state index contributed by atoms with van der Waals surface area (Å²) in [5, 5.41) is 0. The van der Waals surface area contributed by atoms with Crippen molar-refractivity contribution in [2.75, 3.05) is 27.9 Å². The van der Waals surface area contributed by atoms with Crippen LogP contribution in [-0.4, -0.2) is 38.5 Å². The van der Waals surface area contributed by atoms with Gasteiger partial charge in [0, 0.05) is 10.0 Å². The van der Waals surface area contributed by atoms with Crippen LogP contribution in [0.15, 0.2) is 105 Å². The molecular weight excluding hydrogens is 835 g/mol. The van der Waals surface area contributed by atoms with E-state index in [2.05, 4.69) is 38.5 Å². The maximum Gasteiger partial charge on any atom is 0.338 e. The van der Waals surface area contributed by atoms with Gasteiger partial charge in [0.2, 0.25) is 0 Å². The maximum atomic E-state index is 14.4. The molecule has 256 valence electrons. The topological polar surface area (TPSA) is 97.6 Å². The van der Waals surface area contributed by atoms with E-state index in [0.29, 0.717) is 50.2 Å². The molecule has 0 saturated carbocycles. The molecule has 0 saturated heterocycles. The first-order valence-electron chi connectivity index (χ1n) is 15.5. The molecule has 12 heteroatoms. The standard InChI is InChI=1S/C38H32BrIN2O7S/c1-5-48-37(44)32-33(24-9-7-6-8-10-24)41-38-42(34(32)25-13-16-28(45-2)29(20-25)46-3)36(43)31(50-38)19-23-17-27(40)35(30(18-23)47-4)49-21-22-11-14-26(39)15-12-22/h6-20,34H,5,21H2,1-4H3/b31-19-/t34-/m1/s1. The fourth-order valence-electron chi connectivity index (χ4n) is 5.63. The molecule has 1 atom stereocenters. The Hall–Kier alpha value is -4.40. The van der Waals surface area contributed by atoms with Crippen molar-refractivity contribution >= 4 is 67.6 Å². The molecule has 0 N–H and O–H groups in total. The molecule has 0 bridgehead atoms. The first-order chi connectivity index (χ1) is 24.3. The van der Waals surface area contributed by atoms with Crippen molar-refractivity contribution in [2.24, 2.45) is 4.99 Å². The van der Waals surface area contributed by atoms with Crippen molar-refractivity contribution < 1.29 is 28.5 Å². The molecule has 0 aliphatic carbocycles. The zero-order valence-electron chi connectivity index (χ0n) is 27.6. The molecule has 50 heavy (non-hydrogen) atoms. The third kappa shape index (κ3) is 7.23. The van der Waals surface area contributed by atoms with Crippen molar-refractivity contribution in [3.63, 3.8) is 0 Å². The second-order valence-corrected chi connectivity index (χ2v) is 14.1. The summed E-state index contributed by atoms with van der Waals surface area (Å²) in [7, 11) is 4.67. The van der Waals surface area contributed by atoms with Gasteiger partial charge in [-0.05, 0) is 88.7 Å². The van der Waals surface area contributed by atoms with Crippen LogP contribution in [0.3, 0.4) is 0 Å². The summed E-state index contributed by atoms with van der Waals surface area (Å²) in [5.74, 6) is 1.54. The number of aromatic nitrogens is 1. The monoisotopic (exact) mass is 866 g/mol. The highest BCUT2D eigenvalue weighted by Gasteiger charge is 2.35. The fourth-order valence-corrected chi connectivity index (χ4v) is 7.68. The number of ether oxygens (including phenoxy) is 5. The highest BCUT2D eigenvalue weighted by Crippen LogP contribution is 2.39. The van der Waals surface area contributed by atoms with Crippen LogP contribution in [0.5, 0.6) is 23.0 Å². The van der Waals surface area contributed by atoms with Gasteiger partial charge in [-0.3, -0.25) is 9.36 Å². The molecule has 1 aliphatic rings. The summed E-state index contributed by atoms with van der Waals surface area (Å²) in [6.07, 6.45) is 1.80. The largest absolute Gasteiger partial charge is 0.493 e. The Kier molecular flexibility index (Phi) is 11.1. The van der Waals surface area contributed by atoms with E-state index in [1.807, 2.05) is 72.8 Å². The molecular formula is C38H32BrIN2O7S.